The number of fused-ring (bicyclic) bond motifs is 1. The number of benzene rings is 1. The quantitative estimate of drug-likeness (QED) is 0.648. The smallest absolute Gasteiger partial charge is 0.254 e. The summed E-state index contributed by atoms with van der Waals surface area (Å²) in [6.07, 6.45) is 1.06. The first-order valence-corrected chi connectivity index (χ1v) is 12.0. The van der Waals surface area contributed by atoms with Crippen molar-refractivity contribution in [2.24, 2.45) is 0 Å². The van der Waals surface area contributed by atoms with Gasteiger partial charge in [-0.3, -0.25) is 14.4 Å². The van der Waals surface area contributed by atoms with Crippen molar-refractivity contribution in [1.29, 1.82) is 0 Å². The van der Waals surface area contributed by atoms with Crippen molar-refractivity contribution < 1.29 is 22.8 Å². The first kappa shape index (κ1) is 23.2. The van der Waals surface area contributed by atoms with Crippen molar-refractivity contribution in [1.82, 2.24) is 19.4 Å². The van der Waals surface area contributed by atoms with Gasteiger partial charge in [-0.1, -0.05) is 18.2 Å². The van der Waals surface area contributed by atoms with Crippen LogP contribution in [0, 0.1) is 0 Å². The second-order valence-electron chi connectivity index (χ2n) is 8.40. The van der Waals surface area contributed by atoms with Gasteiger partial charge in [0.1, 0.15) is 0 Å². The number of piperidine rings is 1. The standard InChI is InChI=1S/C21H30N4O5S/c1-16(26)24-11-8-21(9-12-24,14-19(27)22-10-13-31(29,30)23(2)3)25-15-17-6-4-5-7-18(17)20(25)28/h4-7H,8-15H2,1-3H3,(H,22,27). The summed E-state index contributed by atoms with van der Waals surface area (Å²) in [5, 5.41) is 2.70. The lowest BCUT2D eigenvalue weighted by atomic mass is 9.82. The Hall–Kier alpha value is -2.46. The first-order valence-electron chi connectivity index (χ1n) is 10.4. The summed E-state index contributed by atoms with van der Waals surface area (Å²) < 4.78 is 25.0. The number of carbonyl (C=O) groups excluding carboxylic acids is 3. The van der Waals surface area contributed by atoms with E-state index in [-0.39, 0.29) is 36.4 Å². The zero-order valence-electron chi connectivity index (χ0n) is 18.3. The monoisotopic (exact) mass is 450 g/mol. The van der Waals surface area contributed by atoms with E-state index in [4.69, 9.17) is 0 Å². The number of amides is 3. The van der Waals surface area contributed by atoms with E-state index in [1.54, 1.807) is 15.9 Å². The molecule has 1 fully saturated rings. The van der Waals surface area contributed by atoms with Gasteiger partial charge in [0, 0.05) is 52.8 Å². The molecule has 0 radical (unpaired) electrons. The average Bonchev–Trinajstić information content (AvgIpc) is 3.05. The SMILES string of the molecule is CC(=O)N1CCC(CC(=O)NCCS(=O)(=O)N(C)C)(N2Cc3ccccc3C2=O)CC1. The summed E-state index contributed by atoms with van der Waals surface area (Å²) in [7, 11) is -0.510. The van der Waals surface area contributed by atoms with Gasteiger partial charge in [0.15, 0.2) is 0 Å². The summed E-state index contributed by atoms with van der Waals surface area (Å²) in [5.41, 5.74) is 0.860. The van der Waals surface area contributed by atoms with Crippen LogP contribution in [-0.2, 0) is 26.2 Å². The highest BCUT2D eigenvalue weighted by molar-refractivity contribution is 7.89. The molecular formula is C21H30N4O5S. The van der Waals surface area contributed by atoms with E-state index in [0.717, 1.165) is 9.87 Å². The Balaban J connectivity index is 1.74. The van der Waals surface area contributed by atoms with Gasteiger partial charge in [-0.25, -0.2) is 12.7 Å². The van der Waals surface area contributed by atoms with E-state index in [9.17, 15) is 22.8 Å². The molecule has 0 unspecified atom stereocenters. The number of likely N-dealkylation sites (tertiary alicyclic amines) is 1. The topological polar surface area (TPSA) is 107 Å². The second-order valence-corrected chi connectivity index (χ2v) is 10.7. The van der Waals surface area contributed by atoms with Gasteiger partial charge in [-0.15, -0.1) is 0 Å². The minimum Gasteiger partial charge on any atom is -0.355 e. The van der Waals surface area contributed by atoms with Gasteiger partial charge >= 0.3 is 0 Å². The van der Waals surface area contributed by atoms with Crippen molar-refractivity contribution in [2.75, 3.05) is 39.5 Å². The van der Waals surface area contributed by atoms with Crippen LogP contribution in [0.3, 0.4) is 0 Å². The van der Waals surface area contributed by atoms with Crippen LogP contribution in [-0.4, -0.2) is 85.3 Å². The molecule has 31 heavy (non-hydrogen) atoms. The molecule has 0 spiro atoms. The highest BCUT2D eigenvalue weighted by Gasteiger charge is 2.47. The fraction of sp³-hybridized carbons (Fsp3) is 0.571. The highest BCUT2D eigenvalue weighted by atomic mass is 32.2. The molecule has 0 aliphatic carbocycles. The van der Waals surface area contributed by atoms with Crippen molar-refractivity contribution in [3.63, 3.8) is 0 Å². The molecule has 1 aromatic rings. The predicted molar refractivity (Wildman–Crippen MR) is 116 cm³/mol. The molecule has 0 aromatic heterocycles. The van der Waals surface area contributed by atoms with Gasteiger partial charge in [0.2, 0.25) is 21.8 Å². The molecule has 3 rings (SSSR count). The van der Waals surface area contributed by atoms with Crippen LogP contribution < -0.4 is 5.32 Å². The molecule has 0 bridgehead atoms. The number of sulfonamides is 1. The molecule has 2 heterocycles. The Morgan fingerprint density at radius 3 is 2.39 bits per heavy atom. The molecular weight excluding hydrogens is 420 g/mol. The van der Waals surface area contributed by atoms with Crippen LogP contribution in [0.5, 0.6) is 0 Å². The maximum absolute atomic E-state index is 13.1. The number of nitrogens with one attached hydrogen (secondary N) is 1. The predicted octanol–water partition coefficient (Wildman–Crippen LogP) is 0.421. The maximum atomic E-state index is 13.1. The molecule has 2 aliphatic heterocycles. The highest BCUT2D eigenvalue weighted by Crippen LogP contribution is 2.38. The van der Waals surface area contributed by atoms with Crippen molar-refractivity contribution in [3.05, 3.63) is 35.4 Å². The van der Waals surface area contributed by atoms with E-state index in [0.29, 0.717) is 38.0 Å². The fourth-order valence-corrected chi connectivity index (χ4v) is 5.01. The van der Waals surface area contributed by atoms with Gasteiger partial charge in [-0.2, -0.15) is 0 Å². The van der Waals surface area contributed by atoms with Crippen LogP contribution >= 0.6 is 0 Å². The zero-order chi connectivity index (χ0) is 22.8. The molecule has 10 heteroatoms. The number of rotatable bonds is 7. The van der Waals surface area contributed by atoms with Gasteiger partial charge in [0.05, 0.1) is 17.7 Å². The van der Waals surface area contributed by atoms with E-state index in [1.807, 2.05) is 18.2 Å². The molecule has 1 aromatic carbocycles. The summed E-state index contributed by atoms with van der Waals surface area (Å²) in [5.74, 6) is -0.614. The molecule has 2 aliphatic rings. The van der Waals surface area contributed by atoms with Crippen molar-refractivity contribution in [2.45, 2.75) is 38.3 Å². The Morgan fingerprint density at radius 2 is 1.81 bits per heavy atom. The molecule has 0 saturated carbocycles. The molecule has 3 amide bonds. The lowest BCUT2D eigenvalue weighted by Gasteiger charge is -2.47. The van der Waals surface area contributed by atoms with E-state index in [2.05, 4.69) is 5.32 Å². The molecule has 9 nitrogen and oxygen atoms in total. The van der Waals surface area contributed by atoms with Gasteiger partial charge in [0.25, 0.3) is 5.91 Å². The third kappa shape index (κ3) is 4.90. The summed E-state index contributed by atoms with van der Waals surface area (Å²) in [6.45, 7) is 2.89. The first-order chi connectivity index (χ1) is 14.6. The van der Waals surface area contributed by atoms with Gasteiger partial charge in [-0.05, 0) is 24.5 Å². The third-order valence-corrected chi connectivity index (χ3v) is 8.09. The largest absolute Gasteiger partial charge is 0.355 e. The van der Waals surface area contributed by atoms with E-state index < -0.39 is 15.6 Å². The lowest BCUT2D eigenvalue weighted by Crippen LogP contribution is -2.58. The van der Waals surface area contributed by atoms with Crippen LogP contribution in [0.1, 0.15) is 42.1 Å². The van der Waals surface area contributed by atoms with Crippen LogP contribution in [0.25, 0.3) is 0 Å². The van der Waals surface area contributed by atoms with E-state index in [1.165, 1.54) is 21.0 Å². The van der Waals surface area contributed by atoms with Crippen molar-refractivity contribution >= 4 is 27.7 Å². The number of hydrogen-bond acceptors (Lipinski definition) is 5. The number of nitrogens with zero attached hydrogens (tertiary/aromatic N) is 3. The molecule has 1 N–H and O–H groups in total. The van der Waals surface area contributed by atoms with Crippen LogP contribution in [0.4, 0.5) is 0 Å². The Labute approximate surface area is 183 Å². The van der Waals surface area contributed by atoms with Gasteiger partial charge < -0.3 is 15.1 Å². The minimum absolute atomic E-state index is 0.00314. The Kier molecular flexibility index (Phi) is 6.70. The van der Waals surface area contributed by atoms with E-state index >= 15 is 0 Å². The van der Waals surface area contributed by atoms with Crippen molar-refractivity contribution in [3.8, 4) is 0 Å². The normalized spacial score (nSPS) is 18.3. The number of hydrogen-bond donors (Lipinski definition) is 1. The van der Waals surface area contributed by atoms with Crippen LogP contribution in [0.2, 0.25) is 0 Å². The lowest BCUT2D eigenvalue weighted by molar-refractivity contribution is -0.132. The molecule has 170 valence electrons. The summed E-state index contributed by atoms with van der Waals surface area (Å²) in [6, 6.07) is 7.42. The zero-order valence-corrected chi connectivity index (χ0v) is 19.1. The fourth-order valence-electron chi connectivity index (χ4n) is 4.28. The summed E-state index contributed by atoms with van der Waals surface area (Å²) >= 11 is 0. The Bertz CT molecular complexity index is 968. The average molecular weight is 451 g/mol. The summed E-state index contributed by atoms with van der Waals surface area (Å²) in [4.78, 5) is 41.2. The molecule has 1 saturated heterocycles. The Morgan fingerprint density at radius 1 is 1.16 bits per heavy atom. The third-order valence-electron chi connectivity index (χ3n) is 6.26. The maximum Gasteiger partial charge on any atom is 0.254 e. The number of carbonyl (C=O) groups is 3. The van der Waals surface area contributed by atoms with Crippen LogP contribution in [0.15, 0.2) is 24.3 Å². The second kappa shape index (κ2) is 8.96. The minimum atomic E-state index is -3.41. The molecule has 0 atom stereocenters.